The Bertz CT molecular complexity index is 555. The summed E-state index contributed by atoms with van der Waals surface area (Å²) < 4.78 is 0. The number of rotatable bonds is 4. The minimum atomic E-state index is -0.0444. The number of halogens is 1. The molecule has 112 valence electrons. The molecule has 0 aliphatic carbocycles. The molecule has 2 rings (SSSR count). The molecule has 5 nitrogen and oxygen atoms in total. The molecular formula is C15H19ClN4O. The molecular weight excluding hydrogens is 288 g/mol. The van der Waals surface area contributed by atoms with Crippen LogP contribution < -0.4 is 16.0 Å². The van der Waals surface area contributed by atoms with Crippen molar-refractivity contribution in [3.8, 4) is 6.07 Å². The van der Waals surface area contributed by atoms with Crippen LogP contribution in [0.1, 0.15) is 18.4 Å². The maximum Gasteiger partial charge on any atom is 0.224 e. The highest BCUT2D eigenvalue weighted by Crippen LogP contribution is 2.30. The largest absolute Gasteiger partial charge is 0.370 e. The monoisotopic (exact) mass is 306 g/mol. The van der Waals surface area contributed by atoms with Crippen molar-refractivity contribution in [2.45, 2.75) is 12.8 Å². The number of amides is 1. The highest BCUT2D eigenvalue weighted by Gasteiger charge is 2.26. The van der Waals surface area contributed by atoms with Crippen molar-refractivity contribution in [2.24, 2.45) is 11.7 Å². The Kier molecular flexibility index (Phi) is 5.43. The normalized spacial score (nSPS) is 18.1. The Morgan fingerprint density at radius 3 is 3.05 bits per heavy atom. The molecule has 1 atom stereocenters. The number of nitrogens with zero attached hydrogens (tertiary/aromatic N) is 2. The van der Waals surface area contributed by atoms with Crippen LogP contribution in [0, 0.1) is 17.2 Å². The van der Waals surface area contributed by atoms with Gasteiger partial charge in [0.1, 0.15) is 0 Å². The lowest BCUT2D eigenvalue weighted by atomic mass is 9.96. The fourth-order valence-corrected chi connectivity index (χ4v) is 2.88. The van der Waals surface area contributed by atoms with Gasteiger partial charge in [0.2, 0.25) is 5.91 Å². The molecule has 1 fully saturated rings. The van der Waals surface area contributed by atoms with E-state index >= 15 is 0 Å². The number of piperidine rings is 1. The summed E-state index contributed by atoms with van der Waals surface area (Å²) in [7, 11) is 0. The Morgan fingerprint density at radius 1 is 1.57 bits per heavy atom. The molecule has 1 aromatic rings. The summed E-state index contributed by atoms with van der Waals surface area (Å²) in [4.78, 5) is 14.2. The van der Waals surface area contributed by atoms with Gasteiger partial charge in [-0.1, -0.05) is 11.6 Å². The minimum Gasteiger partial charge on any atom is -0.370 e. The van der Waals surface area contributed by atoms with Crippen molar-refractivity contribution in [3.05, 3.63) is 28.8 Å². The number of nitrogens with two attached hydrogens (primary N) is 1. The molecule has 1 aromatic carbocycles. The number of benzene rings is 1. The lowest BCUT2D eigenvalue weighted by Crippen LogP contribution is -2.44. The van der Waals surface area contributed by atoms with Crippen LogP contribution in [0.15, 0.2) is 18.2 Å². The highest BCUT2D eigenvalue weighted by atomic mass is 35.5. The zero-order valence-electron chi connectivity index (χ0n) is 11.8. The second-order valence-electron chi connectivity index (χ2n) is 5.14. The average Bonchev–Trinajstić information content (AvgIpc) is 2.52. The number of anilines is 1. The average molecular weight is 307 g/mol. The van der Waals surface area contributed by atoms with Crippen molar-refractivity contribution in [3.63, 3.8) is 0 Å². The smallest absolute Gasteiger partial charge is 0.224 e. The van der Waals surface area contributed by atoms with E-state index in [0.717, 1.165) is 25.1 Å². The van der Waals surface area contributed by atoms with Crippen LogP contribution in [-0.2, 0) is 4.79 Å². The van der Waals surface area contributed by atoms with Crippen LogP contribution >= 0.6 is 11.6 Å². The maximum absolute atomic E-state index is 12.0. The molecule has 1 unspecified atom stereocenters. The Hall–Kier alpha value is -1.77. The molecule has 6 heteroatoms. The zero-order valence-corrected chi connectivity index (χ0v) is 12.6. The fraction of sp³-hybridized carbons (Fsp3) is 0.467. The van der Waals surface area contributed by atoms with Gasteiger partial charge in [-0.25, -0.2) is 0 Å². The van der Waals surface area contributed by atoms with Gasteiger partial charge in [0.05, 0.1) is 28.3 Å². The second-order valence-corrected chi connectivity index (χ2v) is 5.55. The van der Waals surface area contributed by atoms with E-state index in [9.17, 15) is 4.79 Å². The molecule has 0 aromatic heterocycles. The minimum absolute atomic E-state index is 0.0444. The summed E-state index contributed by atoms with van der Waals surface area (Å²) in [5.41, 5.74) is 6.82. The number of hydrogen-bond acceptors (Lipinski definition) is 4. The van der Waals surface area contributed by atoms with Gasteiger partial charge < -0.3 is 16.0 Å². The summed E-state index contributed by atoms with van der Waals surface area (Å²) in [5.74, 6) is 0.00641. The van der Waals surface area contributed by atoms with Crippen LogP contribution in [0.5, 0.6) is 0 Å². The second kappa shape index (κ2) is 7.30. The number of nitrogens with one attached hydrogen (secondary N) is 1. The van der Waals surface area contributed by atoms with Gasteiger partial charge in [-0.3, -0.25) is 4.79 Å². The lowest BCUT2D eigenvalue weighted by molar-refractivity contribution is -0.125. The number of hydrogen-bond donors (Lipinski definition) is 2. The van der Waals surface area contributed by atoms with Crippen molar-refractivity contribution >= 4 is 23.2 Å². The van der Waals surface area contributed by atoms with Crippen LogP contribution in [-0.4, -0.2) is 32.1 Å². The topological polar surface area (TPSA) is 82.2 Å². The van der Waals surface area contributed by atoms with E-state index in [1.54, 1.807) is 12.1 Å². The molecule has 3 N–H and O–H groups in total. The van der Waals surface area contributed by atoms with E-state index in [1.807, 2.05) is 6.07 Å². The molecule has 21 heavy (non-hydrogen) atoms. The zero-order chi connectivity index (χ0) is 15.2. The first-order valence-corrected chi connectivity index (χ1v) is 7.46. The van der Waals surface area contributed by atoms with E-state index in [4.69, 9.17) is 22.6 Å². The third-order valence-electron chi connectivity index (χ3n) is 3.65. The third-order valence-corrected chi connectivity index (χ3v) is 3.96. The summed E-state index contributed by atoms with van der Waals surface area (Å²) in [6.45, 7) is 2.46. The molecule has 1 aliphatic heterocycles. The number of carbonyl (C=O) groups excluding carboxylic acids is 1. The predicted molar refractivity (Wildman–Crippen MR) is 83.2 cm³/mol. The van der Waals surface area contributed by atoms with Crippen LogP contribution in [0.2, 0.25) is 5.02 Å². The summed E-state index contributed by atoms with van der Waals surface area (Å²) in [5, 5.41) is 12.3. The van der Waals surface area contributed by atoms with Gasteiger partial charge in [0.15, 0.2) is 0 Å². The first-order chi connectivity index (χ1) is 10.2. The Balaban J connectivity index is 2.07. The summed E-state index contributed by atoms with van der Waals surface area (Å²) >= 11 is 6.24. The number of carbonyl (C=O) groups is 1. The highest BCUT2D eigenvalue weighted by molar-refractivity contribution is 6.33. The SMILES string of the molecule is N#Cc1ccc(N2CCCC(C(=O)NCCN)C2)c(Cl)c1. The predicted octanol–water partition coefficient (Wildman–Crippen LogP) is 1.50. The van der Waals surface area contributed by atoms with Crippen molar-refractivity contribution in [1.82, 2.24) is 5.32 Å². The van der Waals surface area contributed by atoms with Gasteiger partial charge in [-0.2, -0.15) is 5.26 Å². The van der Waals surface area contributed by atoms with Gasteiger partial charge in [-0.05, 0) is 31.0 Å². The molecule has 1 amide bonds. The molecule has 1 saturated heterocycles. The Morgan fingerprint density at radius 2 is 2.38 bits per heavy atom. The van der Waals surface area contributed by atoms with E-state index in [2.05, 4.69) is 16.3 Å². The Labute approximate surface area is 129 Å². The molecule has 1 heterocycles. The maximum atomic E-state index is 12.0. The first-order valence-electron chi connectivity index (χ1n) is 7.08. The molecule has 0 spiro atoms. The van der Waals surface area contributed by atoms with Crippen LogP contribution in [0.3, 0.4) is 0 Å². The van der Waals surface area contributed by atoms with Gasteiger partial charge in [0.25, 0.3) is 0 Å². The molecule has 1 aliphatic rings. The summed E-state index contributed by atoms with van der Waals surface area (Å²) in [6.07, 6.45) is 1.82. The lowest BCUT2D eigenvalue weighted by Gasteiger charge is -2.34. The molecule has 0 radical (unpaired) electrons. The molecule has 0 bridgehead atoms. The molecule has 0 saturated carbocycles. The van der Waals surface area contributed by atoms with E-state index < -0.39 is 0 Å². The van der Waals surface area contributed by atoms with E-state index in [0.29, 0.717) is 30.2 Å². The van der Waals surface area contributed by atoms with E-state index in [1.165, 1.54) is 0 Å². The first kappa shape index (κ1) is 15.6. The van der Waals surface area contributed by atoms with Crippen molar-refractivity contribution < 1.29 is 4.79 Å². The van der Waals surface area contributed by atoms with Gasteiger partial charge in [-0.15, -0.1) is 0 Å². The van der Waals surface area contributed by atoms with Crippen LogP contribution in [0.4, 0.5) is 5.69 Å². The van der Waals surface area contributed by atoms with Gasteiger partial charge >= 0.3 is 0 Å². The number of nitriles is 1. The van der Waals surface area contributed by atoms with E-state index in [-0.39, 0.29) is 11.8 Å². The van der Waals surface area contributed by atoms with Crippen molar-refractivity contribution in [1.29, 1.82) is 5.26 Å². The van der Waals surface area contributed by atoms with Crippen LogP contribution in [0.25, 0.3) is 0 Å². The third kappa shape index (κ3) is 3.87. The standard InChI is InChI=1S/C15H19ClN4O/c16-13-8-11(9-18)3-4-14(13)20-7-1-2-12(10-20)15(21)19-6-5-17/h3-4,8,12H,1-2,5-7,10,17H2,(H,19,21). The fourth-order valence-electron chi connectivity index (χ4n) is 2.58. The van der Waals surface area contributed by atoms with Crippen molar-refractivity contribution in [2.75, 3.05) is 31.1 Å². The summed E-state index contributed by atoms with van der Waals surface area (Å²) in [6, 6.07) is 7.33. The van der Waals surface area contributed by atoms with Gasteiger partial charge in [0, 0.05) is 26.2 Å². The quantitative estimate of drug-likeness (QED) is 0.883.